The van der Waals surface area contributed by atoms with E-state index in [1.54, 1.807) is 7.11 Å². The topological polar surface area (TPSA) is 51.2 Å². The summed E-state index contributed by atoms with van der Waals surface area (Å²) in [5.74, 6) is 1.50. The minimum absolute atomic E-state index is 0.709. The average molecular weight is 342 g/mol. The maximum Gasteiger partial charge on any atom is 0.187 e. The first kappa shape index (κ1) is 16.0. The Morgan fingerprint density at radius 1 is 0.885 bits per heavy atom. The molecule has 5 heteroatoms. The summed E-state index contributed by atoms with van der Waals surface area (Å²) in [6.45, 7) is 2.07. The molecule has 0 aliphatic rings. The Balaban J connectivity index is 1.80. The zero-order chi connectivity index (χ0) is 17.9. The van der Waals surface area contributed by atoms with Gasteiger partial charge in [-0.3, -0.25) is 4.40 Å². The quantitative estimate of drug-likeness (QED) is 0.444. The van der Waals surface area contributed by atoms with Crippen LogP contribution in [0.1, 0.15) is 5.56 Å². The Labute approximate surface area is 151 Å². The lowest BCUT2D eigenvalue weighted by molar-refractivity contribution is 0.415. The highest BCUT2D eigenvalue weighted by molar-refractivity contribution is 5.74. The third-order valence-electron chi connectivity index (χ3n) is 4.16. The van der Waals surface area contributed by atoms with Gasteiger partial charge in [0.05, 0.1) is 12.8 Å². The van der Waals surface area contributed by atoms with E-state index in [0.29, 0.717) is 5.82 Å². The fraction of sp³-hybridized carbons (Fsp3) is 0.0952. The lowest BCUT2D eigenvalue weighted by Crippen LogP contribution is -1.82. The molecule has 0 fully saturated rings. The van der Waals surface area contributed by atoms with Crippen LogP contribution in [-0.4, -0.2) is 16.5 Å². The first-order chi connectivity index (χ1) is 12.7. The van der Waals surface area contributed by atoms with Gasteiger partial charge in [0, 0.05) is 11.8 Å². The molecule has 2 aromatic carbocycles. The summed E-state index contributed by atoms with van der Waals surface area (Å²) in [6, 6.07) is 21.6. The Bertz CT molecular complexity index is 1060. The number of pyridine rings is 1. The van der Waals surface area contributed by atoms with Crippen LogP contribution in [0.5, 0.6) is 5.75 Å². The predicted molar refractivity (Wildman–Crippen MR) is 103 cm³/mol. The van der Waals surface area contributed by atoms with E-state index in [1.807, 2.05) is 53.1 Å². The van der Waals surface area contributed by atoms with Crippen molar-refractivity contribution >= 4 is 17.2 Å². The van der Waals surface area contributed by atoms with Gasteiger partial charge in [0.1, 0.15) is 17.1 Å². The number of aryl methyl sites for hydroxylation is 1. The number of fused-ring (bicyclic) bond motifs is 1. The van der Waals surface area contributed by atoms with Gasteiger partial charge in [-0.25, -0.2) is 4.98 Å². The first-order valence-corrected chi connectivity index (χ1v) is 8.34. The molecule has 0 unspecified atom stereocenters. The van der Waals surface area contributed by atoms with Gasteiger partial charge in [0.25, 0.3) is 0 Å². The van der Waals surface area contributed by atoms with E-state index in [9.17, 15) is 0 Å². The summed E-state index contributed by atoms with van der Waals surface area (Å²) in [5.41, 5.74) is 4.63. The van der Waals surface area contributed by atoms with Crippen molar-refractivity contribution in [3.05, 3.63) is 78.5 Å². The van der Waals surface area contributed by atoms with Crippen molar-refractivity contribution in [1.82, 2.24) is 9.38 Å². The number of hydrogen-bond donors (Lipinski definition) is 0. The number of nitrogens with zero attached hydrogens (tertiary/aromatic N) is 4. The fourth-order valence-electron chi connectivity index (χ4n) is 2.74. The molecule has 0 atom stereocenters. The summed E-state index contributed by atoms with van der Waals surface area (Å²) in [6.07, 6.45) is 1.95. The number of aromatic nitrogens is 2. The summed E-state index contributed by atoms with van der Waals surface area (Å²) in [7, 11) is 1.64. The number of ether oxygens (including phenoxy) is 1. The largest absolute Gasteiger partial charge is 0.497 e. The zero-order valence-electron chi connectivity index (χ0n) is 14.6. The molecule has 5 nitrogen and oxygen atoms in total. The maximum atomic E-state index is 5.18. The van der Waals surface area contributed by atoms with Crippen LogP contribution in [0.2, 0.25) is 0 Å². The van der Waals surface area contributed by atoms with Crippen molar-refractivity contribution in [3.8, 4) is 17.0 Å². The molecule has 0 bridgehead atoms. The molecule has 0 amide bonds. The molecule has 2 heterocycles. The van der Waals surface area contributed by atoms with Crippen molar-refractivity contribution in [3.63, 3.8) is 0 Å². The van der Waals surface area contributed by atoms with Crippen molar-refractivity contribution < 1.29 is 4.74 Å². The average Bonchev–Trinajstić information content (AvgIpc) is 3.06. The van der Waals surface area contributed by atoms with Crippen LogP contribution in [0.15, 0.2) is 83.2 Å². The Morgan fingerprint density at radius 3 is 2.38 bits per heavy atom. The molecule has 0 aliphatic carbocycles. The molecule has 0 spiro atoms. The molecule has 4 rings (SSSR count). The molecule has 4 aromatic rings. The van der Waals surface area contributed by atoms with E-state index in [-0.39, 0.29) is 0 Å². The third kappa shape index (κ3) is 3.07. The third-order valence-corrected chi connectivity index (χ3v) is 4.16. The van der Waals surface area contributed by atoms with Crippen LogP contribution in [0.3, 0.4) is 0 Å². The van der Waals surface area contributed by atoms with Gasteiger partial charge in [-0.05, 0) is 43.3 Å². The minimum atomic E-state index is 0.709. The second-order valence-electron chi connectivity index (χ2n) is 5.98. The van der Waals surface area contributed by atoms with Gasteiger partial charge in [0.15, 0.2) is 5.82 Å². The van der Waals surface area contributed by atoms with Crippen molar-refractivity contribution in [2.24, 2.45) is 10.2 Å². The van der Waals surface area contributed by atoms with Crippen molar-refractivity contribution in [1.29, 1.82) is 0 Å². The van der Waals surface area contributed by atoms with Gasteiger partial charge in [0.2, 0.25) is 0 Å². The van der Waals surface area contributed by atoms with Crippen LogP contribution >= 0.6 is 0 Å². The molecule has 0 saturated carbocycles. The van der Waals surface area contributed by atoms with Crippen LogP contribution in [0, 0.1) is 6.92 Å². The number of benzene rings is 2. The van der Waals surface area contributed by atoms with Crippen molar-refractivity contribution in [2.75, 3.05) is 7.11 Å². The standard InChI is InChI=1S/C21H18N4O/c1-15-6-8-16(9-7-15)20-21(25-14-4-3-5-19(25)22-20)24-23-17-10-12-18(26-2)13-11-17/h3-14H,1-2H3. The molecular weight excluding hydrogens is 324 g/mol. The molecule has 0 radical (unpaired) electrons. The number of rotatable bonds is 4. The number of azo groups is 1. The maximum absolute atomic E-state index is 5.18. The zero-order valence-corrected chi connectivity index (χ0v) is 14.6. The molecule has 26 heavy (non-hydrogen) atoms. The summed E-state index contributed by atoms with van der Waals surface area (Å²) in [4.78, 5) is 4.74. The highest BCUT2D eigenvalue weighted by Crippen LogP contribution is 2.32. The number of hydrogen-bond acceptors (Lipinski definition) is 4. The summed E-state index contributed by atoms with van der Waals surface area (Å²) in [5, 5.41) is 8.89. The van der Waals surface area contributed by atoms with Crippen LogP contribution in [0.4, 0.5) is 11.5 Å². The van der Waals surface area contributed by atoms with Crippen LogP contribution in [-0.2, 0) is 0 Å². The molecule has 128 valence electrons. The van der Waals surface area contributed by atoms with E-state index >= 15 is 0 Å². The monoisotopic (exact) mass is 342 g/mol. The Morgan fingerprint density at radius 2 is 1.65 bits per heavy atom. The van der Waals surface area contributed by atoms with Gasteiger partial charge in [-0.15, -0.1) is 10.2 Å². The first-order valence-electron chi connectivity index (χ1n) is 8.34. The fourth-order valence-corrected chi connectivity index (χ4v) is 2.74. The highest BCUT2D eigenvalue weighted by atomic mass is 16.5. The van der Waals surface area contributed by atoms with E-state index in [4.69, 9.17) is 9.72 Å². The molecule has 0 saturated heterocycles. The SMILES string of the molecule is COc1ccc(N=Nc2c(-c3ccc(C)cc3)nc3ccccn23)cc1. The predicted octanol–water partition coefficient (Wildman–Crippen LogP) is 5.73. The molecule has 0 aliphatic heterocycles. The second-order valence-corrected chi connectivity index (χ2v) is 5.98. The van der Waals surface area contributed by atoms with E-state index in [1.165, 1.54) is 5.56 Å². The van der Waals surface area contributed by atoms with Gasteiger partial charge in [-0.1, -0.05) is 35.9 Å². The number of imidazole rings is 1. The minimum Gasteiger partial charge on any atom is -0.497 e. The molecular formula is C21H18N4O. The van der Waals surface area contributed by atoms with Gasteiger partial charge >= 0.3 is 0 Å². The van der Waals surface area contributed by atoms with Crippen molar-refractivity contribution in [2.45, 2.75) is 6.92 Å². The van der Waals surface area contributed by atoms with Gasteiger partial charge in [-0.2, -0.15) is 0 Å². The Hall–Kier alpha value is -3.47. The lowest BCUT2D eigenvalue weighted by atomic mass is 10.1. The highest BCUT2D eigenvalue weighted by Gasteiger charge is 2.13. The van der Waals surface area contributed by atoms with Crippen LogP contribution < -0.4 is 4.74 Å². The second kappa shape index (κ2) is 6.80. The molecule has 0 N–H and O–H groups in total. The van der Waals surface area contributed by atoms with Crippen LogP contribution in [0.25, 0.3) is 16.9 Å². The smallest absolute Gasteiger partial charge is 0.187 e. The Kier molecular flexibility index (Phi) is 4.19. The summed E-state index contributed by atoms with van der Waals surface area (Å²) < 4.78 is 7.12. The normalized spacial score (nSPS) is 11.3. The van der Waals surface area contributed by atoms with E-state index < -0.39 is 0 Å². The number of methoxy groups -OCH3 is 1. The van der Waals surface area contributed by atoms with Gasteiger partial charge < -0.3 is 4.74 Å². The van der Waals surface area contributed by atoms with E-state index in [0.717, 1.165) is 28.3 Å². The summed E-state index contributed by atoms with van der Waals surface area (Å²) >= 11 is 0. The van der Waals surface area contributed by atoms with E-state index in [2.05, 4.69) is 41.4 Å². The lowest BCUT2D eigenvalue weighted by Gasteiger charge is -2.01. The molecule has 2 aromatic heterocycles.